The monoisotopic (exact) mass is 872 g/mol. The minimum Gasteiger partial charge on any atom is -0.481 e. The predicted octanol–water partition coefficient (Wildman–Crippen LogP) is 10.9. The van der Waals surface area contributed by atoms with Gasteiger partial charge in [0.15, 0.2) is 9.84 Å². The molecule has 2 heterocycles. The number of oxime groups is 2. The molecule has 7 aromatic rings. The van der Waals surface area contributed by atoms with Crippen LogP contribution in [0.5, 0.6) is 0 Å². The Kier molecular flexibility index (Phi) is 15.3. The first kappa shape index (κ1) is 46.3. The Morgan fingerprint density at radius 2 is 1.06 bits per heavy atom. The maximum Gasteiger partial charge on any atom is 0.307 e. The lowest BCUT2D eigenvalue weighted by Crippen LogP contribution is -2.12. The summed E-state index contributed by atoms with van der Waals surface area (Å²) in [5.41, 5.74) is 13.8. The quantitative estimate of drug-likeness (QED) is 0.0552. The van der Waals surface area contributed by atoms with Crippen molar-refractivity contribution < 1.29 is 28.7 Å². The number of sulfone groups is 1. The van der Waals surface area contributed by atoms with Gasteiger partial charge in [0.05, 0.1) is 22.7 Å². The average molecular weight is 873 g/mol. The van der Waals surface area contributed by atoms with Crippen molar-refractivity contribution in [1.29, 1.82) is 0 Å². The highest BCUT2D eigenvalue weighted by atomic mass is 32.2. The molecule has 0 saturated carbocycles. The third-order valence-electron chi connectivity index (χ3n) is 11.2. The van der Waals surface area contributed by atoms with Crippen LogP contribution in [0.1, 0.15) is 86.1 Å². The van der Waals surface area contributed by atoms with Crippen LogP contribution in [0.2, 0.25) is 0 Å². The smallest absolute Gasteiger partial charge is 0.307 e. The van der Waals surface area contributed by atoms with Gasteiger partial charge < -0.3 is 15.5 Å². The van der Waals surface area contributed by atoms with Gasteiger partial charge in [-0.05, 0) is 114 Å². The van der Waals surface area contributed by atoms with Gasteiger partial charge in [-0.1, -0.05) is 120 Å². The van der Waals surface area contributed by atoms with Crippen LogP contribution in [-0.2, 0) is 21.1 Å². The fourth-order valence-electron chi connectivity index (χ4n) is 7.96. The van der Waals surface area contributed by atoms with Crippen molar-refractivity contribution in [2.75, 3.05) is 6.26 Å². The third-order valence-corrected chi connectivity index (χ3v) is 12.4. The van der Waals surface area contributed by atoms with E-state index >= 15 is 0 Å². The van der Waals surface area contributed by atoms with E-state index in [0.717, 1.165) is 72.6 Å². The van der Waals surface area contributed by atoms with Crippen LogP contribution in [0.15, 0.2) is 173 Å². The molecule has 0 saturated heterocycles. The molecule has 0 amide bonds. The average Bonchev–Trinajstić information content (AvgIpc) is 3.28. The lowest BCUT2D eigenvalue weighted by atomic mass is 9.82. The summed E-state index contributed by atoms with van der Waals surface area (Å²) in [5.74, 6) is -0.991. The molecular formula is C53H52N4O6S. The van der Waals surface area contributed by atoms with Gasteiger partial charge in [-0.15, -0.1) is 0 Å². The van der Waals surface area contributed by atoms with Gasteiger partial charge in [-0.2, -0.15) is 0 Å². The highest BCUT2D eigenvalue weighted by molar-refractivity contribution is 7.90. The van der Waals surface area contributed by atoms with Crippen molar-refractivity contribution in [1.82, 2.24) is 9.97 Å². The molecule has 0 bridgehead atoms. The summed E-state index contributed by atoms with van der Waals surface area (Å²) in [6.45, 7) is 7.95. The Morgan fingerprint density at radius 1 is 0.578 bits per heavy atom. The molecule has 11 heteroatoms. The summed E-state index contributed by atoms with van der Waals surface area (Å²) in [6, 6.07) is 46.6. The zero-order chi connectivity index (χ0) is 45.8. The van der Waals surface area contributed by atoms with Gasteiger partial charge in [0.1, 0.15) is 0 Å². The number of carbonyl (C=O) groups is 1. The normalized spacial score (nSPS) is 12.8. The van der Waals surface area contributed by atoms with Gasteiger partial charge in [0.2, 0.25) is 0 Å². The molecular weight excluding hydrogens is 821 g/mol. The second kappa shape index (κ2) is 21.2. The summed E-state index contributed by atoms with van der Waals surface area (Å²) in [6.07, 6.45) is 5.58. The zero-order valence-corrected chi connectivity index (χ0v) is 37.4. The summed E-state index contributed by atoms with van der Waals surface area (Å²) >= 11 is 0. The van der Waals surface area contributed by atoms with Crippen LogP contribution in [-0.4, -0.2) is 57.6 Å². The number of benzene rings is 5. The number of aryl methyl sites for hydroxylation is 4. The molecule has 2 atom stereocenters. The molecule has 5 aromatic carbocycles. The van der Waals surface area contributed by atoms with E-state index < -0.39 is 15.8 Å². The Morgan fingerprint density at radius 3 is 1.52 bits per heavy atom. The SMILES string of the molecule is Cc1cc(/C(CC(c2cccc(CC(=O)O)c2)c2ccccc2C)=N/O)ccn1.Cc1cc(C(CC(c2cccc(-c3ccc(S(C)(=O)=O)cc3)c2)c2ccccc2C)=NO)ccn1. The summed E-state index contributed by atoms with van der Waals surface area (Å²) in [5, 5.41) is 36.1. The minimum atomic E-state index is -3.25. The van der Waals surface area contributed by atoms with Crippen molar-refractivity contribution in [2.24, 2.45) is 10.3 Å². The van der Waals surface area contributed by atoms with E-state index in [1.54, 1.807) is 24.5 Å². The van der Waals surface area contributed by atoms with Gasteiger partial charge >= 0.3 is 5.97 Å². The van der Waals surface area contributed by atoms with E-state index in [4.69, 9.17) is 5.11 Å². The van der Waals surface area contributed by atoms with Crippen LogP contribution < -0.4 is 0 Å². The molecule has 0 radical (unpaired) electrons. The van der Waals surface area contributed by atoms with Gasteiger partial charge in [-0.3, -0.25) is 14.8 Å². The number of carboxylic acid groups (broad SMARTS) is 1. The molecule has 2 unspecified atom stereocenters. The first-order chi connectivity index (χ1) is 30.7. The number of hydrogen-bond acceptors (Lipinski definition) is 9. The fraction of sp³-hybridized carbons (Fsp3) is 0.189. The third kappa shape index (κ3) is 12.0. The van der Waals surface area contributed by atoms with E-state index in [1.807, 2.05) is 111 Å². The molecule has 10 nitrogen and oxygen atoms in total. The molecule has 326 valence electrons. The number of pyridine rings is 2. The maximum absolute atomic E-state index is 11.8. The summed E-state index contributed by atoms with van der Waals surface area (Å²) in [4.78, 5) is 19.9. The topological polar surface area (TPSA) is 162 Å². The Labute approximate surface area is 375 Å². The highest BCUT2D eigenvalue weighted by Gasteiger charge is 2.23. The first-order valence-corrected chi connectivity index (χ1v) is 22.7. The number of aromatic nitrogens is 2. The van der Waals surface area contributed by atoms with Crippen molar-refractivity contribution in [3.05, 3.63) is 219 Å². The Bertz CT molecular complexity index is 2910. The molecule has 7 rings (SSSR count). The maximum atomic E-state index is 11.8. The standard InChI is InChI=1S/C29H28N2O3S.C24H24N2O3/c1-20-7-4-5-10-27(20)28(19-29(31-32)25-15-16-30-21(2)17-25)24-9-6-8-23(18-24)22-11-13-26(14-12-22)35(3,33)34;1-16-6-3-4-9-21(16)22(19-8-5-7-18(13-19)14-24(27)28)15-23(26-29)20-10-11-25-17(2)12-20/h4-18,28,32H,19H2,1-3H3;3-13,22,29H,14-15H2,1-2H3,(H,27,28)/b;26-23+. The van der Waals surface area contributed by atoms with Gasteiger partial charge in [0, 0.05) is 65.8 Å². The number of carboxylic acids is 1. The minimum absolute atomic E-state index is 0.0289. The Balaban J connectivity index is 0.000000216. The number of aliphatic carboxylic acids is 1. The Hall–Kier alpha value is -7.24. The van der Waals surface area contributed by atoms with Gasteiger partial charge in [-0.25, -0.2) is 8.42 Å². The molecule has 0 fully saturated rings. The van der Waals surface area contributed by atoms with E-state index in [2.05, 4.69) is 70.5 Å². The lowest BCUT2D eigenvalue weighted by Gasteiger charge is -2.22. The largest absolute Gasteiger partial charge is 0.481 e. The number of nitrogens with zero attached hydrogens (tertiary/aromatic N) is 4. The lowest BCUT2D eigenvalue weighted by molar-refractivity contribution is -0.136. The van der Waals surface area contributed by atoms with Gasteiger partial charge in [0.25, 0.3) is 0 Å². The van der Waals surface area contributed by atoms with Crippen LogP contribution >= 0.6 is 0 Å². The molecule has 0 aliphatic heterocycles. The van der Waals surface area contributed by atoms with E-state index in [-0.39, 0.29) is 18.3 Å². The molecule has 2 aromatic heterocycles. The molecule has 0 spiro atoms. The van der Waals surface area contributed by atoms with Crippen molar-refractivity contribution in [3.63, 3.8) is 0 Å². The van der Waals surface area contributed by atoms with Crippen LogP contribution in [0.4, 0.5) is 0 Å². The van der Waals surface area contributed by atoms with E-state index in [9.17, 15) is 23.6 Å². The molecule has 3 N–H and O–H groups in total. The predicted molar refractivity (Wildman–Crippen MR) is 253 cm³/mol. The number of hydrogen-bond donors (Lipinski definition) is 3. The van der Waals surface area contributed by atoms with Crippen molar-refractivity contribution in [2.45, 2.75) is 63.7 Å². The summed E-state index contributed by atoms with van der Waals surface area (Å²) in [7, 11) is -3.25. The summed E-state index contributed by atoms with van der Waals surface area (Å²) < 4.78 is 23.7. The van der Waals surface area contributed by atoms with Crippen LogP contribution in [0.25, 0.3) is 11.1 Å². The molecule has 0 aliphatic carbocycles. The van der Waals surface area contributed by atoms with E-state index in [1.165, 1.54) is 6.26 Å². The van der Waals surface area contributed by atoms with Crippen LogP contribution in [0.3, 0.4) is 0 Å². The second-order valence-corrected chi connectivity index (χ2v) is 17.9. The fourth-order valence-corrected chi connectivity index (χ4v) is 8.59. The van der Waals surface area contributed by atoms with Crippen molar-refractivity contribution in [3.8, 4) is 11.1 Å². The zero-order valence-electron chi connectivity index (χ0n) is 36.6. The highest BCUT2D eigenvalue weighted by Crippen LogP contribution is 2.35. The molecule has 0 aliphatic rings. The van der Waals surface area contributed by atoms with Crippen molar-refractivity contribution >= 4 is 27.2 Å². The molecule has 64 heavy (non-hydrogen) atoms. The number of rotatable bonds is 14. The van der Waals surface area contributed by atoms with E-state index in [0.29, 0.717) is 29.2 Å². The van der Waals surface area contributed by atoms with Crippen LogP contribution in [0, 0.1) is 27.7 Å². The first-order valence-electron chi connectivity index (χ1n) is 20.8. The second-order valence-electron chi connectivity index (χ2n) is 15.9.